The van der Waals surface area contributed by atoms with Gasteiger partial charge in [-0.2, -0.15) is 0 Å². The van der Waals surface area contributed by atoms with Gasteiger partial charge in [0.05, 0.1) is 17.7 Å². The van der Waals surface area contributed by atoms with Crippen molar-refractivity contribution in [1.29, 1.82) is 0 Å². The fraction of sp³-hybridized carbons (Fsp3) is 0.500. The molecule has 1 unspecified atom stereocenters. The van der Waals surface area contributed by atoms with Crippen molar-refractivity contribution in [2.45, 2.75) is 46.3 Å². The molecule has 1 amide bonds. The molecule has 1 aliphatic rings. The molecular formula is C20H26FNO4. The summed E-state index contributed by atoms with van der Waals surface area (Å²) < 4.78 is 18.8. The molecule has 0 spiro atoms. The van der Waals surface area contributed by atoms with E-state index in [1.807, 2.05) is 13.8 Å². The number of amides is 1. The lowest BCUT2D eigenvalue weighted by atomic mass is 9.91. The van der Waals surface area contributed by atoms with Crippen molar-refractivity contribution in [3.8, 4) is 0 Å². The minimum absolute atomic E-state index is 0.0846. The van der Waals surface area contributed by atoms with Gasteiger partial charge in [-0.15, -0.1) is 0 Å². The van der Waals surface area contributed by atoms with Crippen LogP contribution in [-0.2, 0) is 14.3 Å². The van der Waals surface area contributed by atoms with Gasteiger partial charge in [0, 0.05) is 19.1 Å². The van der Waals surface area contributed by atoms with Crippen molar-refractivity contribution in [3.05, 3.63) is 47.0 Å². The highest BCUT2D eigenvalue weighted by molar-refractivity contribution is 6.09. The number of carbonyl (C=O) groups excluding carboxylic acids is 2. The van der Waals surface area contributed by atoms with Crippen LogP contribution in [0.4, 0.5) is 4.39 Å². The SMILES string of the molecule is CC(C)OCCCN1C(=O)C(O)=C(C(=O)C(C)C)C1c1ccc(F)cc1. The number of aliphatic hydroxyl groups is 1. The number of ketones is 1. The van der Waals surface area contributed by atoms with E-state index in [0.29, 0.717) is 25.1 Å². The van der Waals surface area contributed by atoms with Crippen molar-refractivity contribution < 1.29 is 23.8 Å². The highest BCUT2D eigenvalue weighted by atomic mass is 19.1. The van der Waals surface area contributed by atoms with Crippen LogP contribution in [0, 0.1) is 11.7 Å². The highest BCUT2D eigenvalue weighted by Crippen LogP contribution is 2.38. The smallest absolute Gasteiger partial charge is 0.290 e. The van der Waals surface area contributed by atoms with Crippen molar-refractivity contribution >= 4 is 11.7 Å². The third kappa shape index (κ3) is 4.30. The number of halogens is 1. The number of Topliss-reactive ketones (excluding diaryl/α,β-unsaturated/α-hetero) is 1. The van der Waals surface area contributed by atoms with Crippen LogP contribution in [0.15, 0.2) is 35.6 Å². The summed E-state index contributed by atoms with van der Waals surface area (Å²) in [6.07, 6.45) is 0.652. The lowest BCUT2D eigenvalue weighted by Crippen LogP contribution is -2.33. The summed E-state index contributed by atoms with van der Waals surface area (Å²) in [6, 6.07) is 4.94. The van der Waals surface area contributed by atoms with Crippen LogP contribution < -0.4 is 0 Å². The van der Waals surface area contributed by atoms with Crippen LogP contribution in [-0.4, -0.2) is 41.0 Å². The molecular weight excluding hydrogens is 337 g/mol. The normalized spacial score (nSPS) is 17.7. The molecule has 0 saturated carbocycles. The van der Waals surface area contributed by atoms with E-state index in [-0.39, 0.29) is 23.4 Å². The number of rotatable bonds is 8. The monoisotopic (exact) mass is 363 g/mol. The molecule has 0 bridgehead atoms. The van der Waals surface area contributed by atoms with Gasteiger partial charge in [-0.3, -0.25) is 9.59 Å². The molecule has 1 heterocycles. The largest absolute Gasteiger partial charge is 0.503 e. The topological polar surface area (TPSA) is 66.8 Å². The Morgan fingerprint density at radius 2 is 1.85 bits per heavy atom. The van der Waals surface area contributed by atoms with Crippen LogP contribution >= 0.6 is 0 Å². The Balaban J connectivity index is 2.33. The second kappa shape index (κ2) is 8.45. The number of ether oxygens (including phenoxy) is 1. The summed E-state index contributed by atoms with van der Waals surface area (Å²) >= 11 is 0. The van der Waals surface area contributed by atoms with Gasteiger partial charge in [0.15, 0.2) is 11.5 Å². The maximum atomic E-state index is 13.3. The molecule has 0 saturated heterocycles. The Labute approximate surface area is 153 Å². The molecule has 1 N–H and O–H groups in total. The van der Waals surface area contributed by atoms with E-state index in [1.54, 1.807) is 13.8 Å². The van der Waals surface area contributed by atoms with Gasteiger partial charge in [-0.25, -0.2) is 4.39 Å². The maximum Gasteiger partial charge on any atom is 0.290 e. The third-order valence-corrected chi connectivity index (χ3v) is 4.27. The third-order valence-electron chi connectivity index (χ3n) is 4.27. The van der Waals surface area contributed by atoms with Gasteiger partial charge in [0.25, 0.3) is 5.91 Å². The summed E-state index contributed by atoms with van der Waals surface area (Å²) in [4.78, 5) is 26.7. The van der Waals surface area contributed by atoms with Crippen molar-refractivity contribution in [2.24, 2.45) is 5.92 Å². The Kier molecular flexibility index (Phi) is 6.53. The Morgan fingerprint density at radius 3 is 2.38 bits per heavy atom. The maximum absolute atomic E-state index is 13.3. The fourth-order valence-corrected chi connectivity index (χ4v) is 2.99. The quantitative estimate of drug-likeness (QED) is 0.717. The summed E-state index contributed by atoms with van der Waals surface area (Å²) in [6.45, 7) is 8.07. The molecule has 0 fully saturated rings. The van der Waals surface area contributed by atoms with Gasteiger partial charge in [0.1, 0.15) is 5.82 Å². The second-order valence-electron chi connectivity index (χ2n) is 7.01. The first kappa shape index (κ1) is 20.1. The van der Waals surface area contributed by atoms with Crippen LogP contribution in [0.3, 0.4) is 0 Å². The van der Waals surface area contributed by atoms with Gasteiger partial charge < -0.3 is 14.7 Å². The number of carbonyl (C=O) groups is 2. The zero-order chi connectivity index (χ0) is 19.4. The summed E-state index contributed by atoms with van der Waals surface area (Å²) in [5.41, 5.74) is 0.680. The summed E-state index contributed by atoms with van der Waals surface area (Å²) in [5, 5.41) is 10.3. The molecule has 0 radical (unpaired) electrons. The average molecular weight is 363 g/mol. The van der Waals surface area contributed by atoms with E-state index in [4.69, 9.17) is 4.74 Å². The van der Waals surface area contributed by atoms with Crippen molar-refractivity contribution in [1.82, 2.24) is 4.90 Å². The average Bonchev–Trinajstić information content (AvgIpc) is 2.83. The molecule has 1 atom stereocenters. The molecule has 0 aromatic heterocycles. The lowest BCUT2D eigenvalue weighted by molar-refractivity contribution is -0.129. The predicted molar refractivity (Wildman–Crippen MR) is 96.1 cm³/mol. The number of hydrogen-bond acceptors (Lipinski definition) is 4. The molecule has 5 nitrogen and oxygen atoms in total. The molecule has 1 aromatic carbocycles. The van der Waals surface area contributed by atoms with E-state index in [9.17, 15) is 19.1 Å². The first-order valence-electron chi connectivity index (χ1n) is 8.89. The minimum Gasteiger partial charge on any atom is -0.503 e. The van der Waals surface area contributed by atoms with E-state index >= 15 is 0 Å². The number of aliphatic hydroxyl groups excluding tert-OH is 1. The first-order valence-corrected chi connectivity index (χ1v) is 8.89. The predicted octanol–water partition coefficient (Wildman–Crippen LogP) is 3.56. The number of benzene rings is 1. The fourth-order valence-electron chi connectivity index (χ4n) is 2.99. The lowest BCUT2D eigenvalue weighted by Gasteiger charge is -2.27. The first-order chi connectivity index (χ1) is 12.2. The van der Waals surface area contributed by atoms with Crippen LogP contribution in [0.1, 0.15) is 45.7 Å². The van der Waals surface area contributed by atoms with E-state index in [0.717, 1.165) is 0 Å². The Morgan fingerprint density at radius 1 is 1.23 bits per heavy atom. The summed E-state index contributed by atoms with van der Waals surface area (Å²) in [7, 11) is 0. The minimum atomic E-state index is -0.711. The molecule has 0 aliphatic carbocycles. The molecule has 142 valence electrons. The second-order valence-corrected chi connectivity index (χ2v) is 7.01. The van der Waals surface area contributed by atoms with Gasteiger partial charge in [-0.05, 0) is 38.0 Å². The molecule has 26 heavy (non-hydrogen) atoms. The number of hydrogen-bond donors (Lipinski definition) is 1. The number of nitrogens with zero attached hydrogens (tertiary/aromatic N) is 1. The van der Waals surface area contributed by atoms with Gasteiger partial charge >= 0.3 is 0 Å². The van der Waals surface area contributed by atoms with Crippen LogP contribution in [0.2, 0.25) is 0 Å². The van der Waals surface area contributed by atoms with Crippen molar-refractivity contribution in [3.63, 3.8) is 0 Å². The molecule has 1 aliphatic heterocycles. The van der Waals surface area contributed by atoms with E-state index < -0.39 is 23.5 Å². The Bertz CT molecular complexity index is 694. The van der Waals surface area contributed by atoms with Crippen LogP contribution in [0.5, 0.6) is 0 Å². The Hall–Kier alpha value is -2.21. The van der Waals surface area contributed by atoms with E-state index in [2.05, 4.69) is 0 Å². The molecule has 6 heteroatoms. The zero-order valence-corrected chi connectivity index (χ0v) is 15.7. The zero-order valence-electron chi connectivity index (χ0n) is 15.7. The molecule has 1 aromatic rings. The van der Waals surface area contributed by atoms with Crippen LogP contribution in [0.25, 0.3) is 0 Å². The highest BCUT2D eigenvalue weighted by Gasteiger charge is 2.43. The van der Waals surface area contributed by atoms with Gasteiger partial charge in [-0.1, -0.05) is 26.0 Å². The standard InChI is InChI=1S/C20H26FNO4/c1-12(2)18(23)16-17(14-6-8-15(21)9-7-14)22(20(25)19(16)24)10-5-11-26-13(3)4/h6-9,12-13,17,24H,5,10-11H2,1-4H3. The van der Waals surface area contributed by atoms with Gasteiger partial charge in [0.2, 0.25) is 0 Å². The molecule has 2 rings (SSSR count). The van der Waals surface area contributed by atoms with E-state index in [1.165, 1.54) is 29.2 Å². The van der Waals surface area contributed by atoms with Crippen molar-refractivity contribution in [2.75, 3.05) is 13.2 Å². The summed E-state index contributed by atoms with van der Waals surface area (Å²) in [5.74, 6) is -2.14.